The van der Waals surface area contributed by atoms with Crippen molar-refractivity contribution in [2.75, 3.05) is 6.54 Å². The smallest absolute Gasteiger partial charge is 0.243 e. The van der Waals surface area contributed by atoms with Gasteiger partial charge in [-0.05, 0) is 37.6 Å². The normalized spacial score (nSPS) is 12.6. The Labute approximate surface area is 148 Å². The molecule has 0 aliphatic rings. The van der Waals surface area contributed by atoms with E-state index in [0.717, 1.165) is 16.9 Å². The van der Waals surface area contributed by atoms with Gasteiger partial charge in [-0.3, -0.25) is 4.79 Å². The van der Waals surface area contributed by atoms with Crippen LogP contribution in [0.4, 0.5) is 0 Å². The Morgan fingerprint density at radius 2 is 1.88 bits per heavy atom. The molecule has 4 heteroatoms. The zero-order valence-electron chi connectivity index (χ0n) is 14.6. The molecule has 0 spiro atoms. The highest BCUT2D eigenvalue weighted by Crippen LogP contribution is 2.26. The second-order valence-electron chi connectivity index (χ2n) is 6.01. The maximum absolute atomic E-state index is 11.6. The van der Waals surface area contributed by atoms with Crippen LogP contribution in [-0.4, -0.2) is 22.0 Å². The third-order valence-corrected chi connectivity index (χ3v) is 4.30. The van der Waals surface area contributed by atoms with Crippen LogP contribution < -0.4 is 5.32 Å². The van der Waals surface area contributed by atoms with E-state index in [2.05, 4.69) is 47.1 Å². The number of hydrogen-bond donors (Lipinski definition) is 1. The summed E-state index contributed by atoms with van der Waals surface area (Å²) in [4.78, 5) is 16.4. The van der Waals surface area contributed by atoms with E-state index in [9.17, 15) is 4.79 Å². The van der Waals surface area contributed by atoms with Crippen molar-refractivity contribution >= 4 is 16.9 Å². The SMILES string of the molecule is C/C=C/C(=O)NCCc1nc2ccccc2n1C(C)c1ccccc1. The van der Waals surface area contributed by atoms with E-state index in [4.69, 9.17) is 4.98 Å². The molecule has 1 unspecified atom stereocenters. The van der Waals surface area contributed by atoms with E-state index in [0.29, 0.717) is 13.0 Å². The molecular formula is C21H23N3O. The lowest BCUT2D eigenvalue weighted by molar-refractivity contribution is -0.116. The summed E-state index contributed by atoms with van der Waals surface area (Å²) in [5.74, 6) is 0.916. The molecule has 25 heavy (non-hydrogen) atoms. The summed E-state index contributed by atoms with van der Waals surface area (Å²) < 4.78 is 2.27. The Hall–Kier alpha value is -2.88. The molecule has 2 aromatic carbocycles. The largest absolute Gasteiger partial charge is 0.352 e. The fourth-order valence-electron chi connectivity index (χ4n) is 3.09. The number of carbonyl (C=O) groups is 1. The maximum Gasteiger partial charge on any atom is 0.243 e. The van der Waals surface area contributed by atoms with Gasteiger partial charge in [0.2, 0.25) is 5.91 Å². The van der Waals surface area contributed by atoms with Gasteiger partial charge in [0.25, 0.3) is 0 Å². The minimum Gasteiger partial charge on any atom is -0.352 e. The molecular weight excluding hydrogens is 310 g/mol. The minimum atomic E-state index is -0.0683. The molecule has 0 fully saturated rings. The van der Waals surface area contributed by atoms with Crippen LogP contribution in [0, 0.1) is 0 Å². The molecule has 0 saturated heterocycles. The maximum atomic E-state index is 11.6. The van der Waals surface area contributed by atoms with Crippen LogP contribution in [0.5, 0.6) is 0 Å². The van der Waals surface area contributed by atoms with E-state index < -0.39 is 0 Å². The van der Waals surface area contributed by atoms with Crippen molar-refractivity contribution in [3.05, 3.63) is 78.1 Å². The third kappa shape index (κ3) is 3.79. The summed E-state index contributed by atoms with van der Waals surface area (Å²) in [7, 11) is 0. The second kappa shape index (κ2) is 7.79. The van der Waals surface area contributed by atoms with Crippen molar-refractivity contribution in [1.82, 2.24) is 14.9 Å². The van der Waals surface area contributed by atoms with E-state index >= 15 is 0 Å². The first-order valence-electron chi connectivity index (χ1n) is 8.62. The molecule has 0 saturated carbocycles. The third-order valence-electron chi connectivity index (χ3n) is 4.30. The van der Waals surface area contributed by atoms with Gasteiger partial charge < -0.3 is 9.88 Å². The standard InChI is InChI=1S/C21H23N3O/c1-3-9-21(25)22-15-14-20-23-18-12-7-8-13-19(18)24(20)16(2)17-10-5-4-6-11-17/h3-13,16H,14-15H2,1-2H3,(H,22,25)/b9-3+. The van der Waals surface area contributed by atoms with Gasteiger partial charge in [0.15, 0.2) is 0 Å². The molecule has 0 bridgehead atoms. The molecule has 4 nitrogen and oxygen atoms in total. The fraction of sp³-hybridized carbons (Fsp3) is 0.238. The summed E-state index contributed by atoms with van der Waals surface area (Å²) in [6.45, 7) is 4.58. The number of allylic oxidation sites excluding steroid dienone is 1. The topological polar surface area (TPSA) is 46.9 Å². The van der Waals surface area contributed by atoms with Gasteiger partial charge in [0.05, 0.1) is 17.1 Å². The van der Waals surface area contributed by atoms with Gasteiger partial charge in [0.1, 0.15) is 5.82 Å². The molecule has 0 radical (unpaired) electrons. The first-order valence-corrected chi connectivity index (χ1v) is 8.62. The summed E-state index contributed by atoms with van der Waals surface area (Å²) in [5.41, 5.74) is 3.35. The Morgan fingerprint density at radius 1 is 1.16 bits per heavy atom. The lowest BCUT2D eigenvalue weighted by Crippen LogP contribution is -2.25. The summed E-state index contributed by atoms with van der Waals surface area (Å²) in [6, 6.07) is 18.8. The molecule has 128 valence electrons. The van der Waals surface area contributed by atoms with E-state index in [1.54, 1.807) is 6.08 Å². The highest BCUT2D eigenvalue weighted by atomic mass is 16.1. The zero-order valence-corrected chi connectivity index (χ0v) is 14.6. The lowest BCUT2D eigenvalue weighted by Gasteiger charge is -2.18. The van der Waals surface area contributed by atoms with Crippen LogP contribution in [0.25, 0.3) is 11.0 Å². The van der Waals surface area contributed by atoms with Crippen molar-refractivity contribution in [2.24, 2.45) is 0 Å². The van der Waals surface area contributed by atoms with Crippen molar-refractivity contribution < 1.29 is 4.79 Å². The first-order chi connectivity index (χ1) is 12.2. The molecule has 3 rings (SSSR count). The highest BCUT2D eigenvalue weighted by molar-refractivity contribution is 5.87. The van der Waals surface area contributed by atoms with Crippen molar-refractivity contribution in [1.29, 1.82) is 0 Å². The predicted molar refractivity (Wildman–Crippen MR) is 102 cm³/mol. The number of para-hydroxylation sites is 2. The molecule has 0 aliphatic heterocycles. The lowest BCUT2D eigenvalue weighted by atomic mass is 10.1. The van der Waals surface area contributed by atoms with Gasteiger partial charge in [-0.25, -0.2) is 4.98 Å². The average Bonchev–Trinajstić information content (AvgIpc) is 3.00. The Bertz CT molecular complexity index is 881. The van der Waals surface area contributed by atoms with Crippen LogP contribution in [0.1, 0.15) is 31.3 Å². The predicted octanol–water partition coefficient (Wildman–Crippen LogP) is 3.88. The molecule has 1 heterocycles. The van der Waals surface area contributed by atoms with E-state index in [-0.39, 0.29) is 11.9 Å². The number of rotatable bonds is 6. The average molecular weight is 333 g/mol. The van der Waals surface area contributed by atoms with Gasteiger partial charge >= 0.3 is 0 Å². The van der Waals surface area contributed by atoms with Crippen LogP contribution in [-0.2, 0) is 11.2 Å². The number of imidazole rings is 1. The quantitative estimate of drug-likeness (QED) is 0.696. The Kier molecular flexibility index (Phi) is 5.29. The van der Waals surface area contributed by atoms with E-state index in [1.807, 2.05) is 31.2 Å². The number of carbonyl (C=O) groups excluding carboxylic acids is 1. The molecule has 1 atom stereocenters. The first kappa shape index (κ1) is 17.0. The van der Waals surface area contributed by atoms with Gasteiger partial charge in [-0.2, -0.15) is 0 Å². The fourth-order valence-corrected chi connectivity index (χ4v) is 3.09. The molecule has 1 aromatic heterocycles. The number of fused-ring (bicyclic) bond motifs is 1. The number of hydrogen-bond acceptors (Lipinski definition) is 2. The summed E-state index contributed by atoms with van der Waals surface area (Å²) in [6.07, 6.45) is 3.97. The van der Waals surface area contributed by atoms with Crippen LogP contribution in [0.2, 0.25) is 0 Å². The number of aromatic nitrogens is 2. The number of benzene rings is 2. The second-order valence-corrected chi connectivity index (χ2v) is 6.01. The Morgan fingerprint density at radius 3 is 2.64 bits per heavy atom. The van der Waals surface area contributed by atoms with Gasteiger partial charge in [0, 0.05) is 13.0 Å². The van der Waals surface area contributed by atoms with Crippen molar-refractivity contribution in [2.45, 2.75) is 26.3 Å². The van der Waals surface area contributed by atoms with E-state index in [1.165, 1.54) is 11.6 Å². The molecule has 3 aromatic rings. The van der Waals surface area contributed by atoms with Crippen LogP contribution >= 0.6 is 0 Å². The van der Waals surface area contributed by atoms with Crippen molar-refractivity contribution in [3.63, 3.8) is 0 Å². The number of amides is 1. The minimum absolute atomic E-state index is 0.0683. The van der Waals surface area contributed by atoms with Crippen LogP contribution in [0.15, 0.2) is 66.7 Å². The molecule has 0 aliphatic carbocycles. The summed E-state index contributed by atoms with van der Waals surface area (Å²) >= 11 is 0. The zero-order chi connectivity index (χ0) is 17.6. The molecule has 1 N–H and O–H groups in total. The van der Waals surface area contributed by atoms with Gasteiger partial charge in [-0.1, -0.05) is 48.5 Å². The van der Waals surface area contributed by atoms with Crippen molar-refractivity contribution in [3.8, 4) is 0 Å². The molecule has 1 amide bonds. The van der Waals surface area contributed by atoms with Gasteiger partial charge in [-0.15, -0.1) is 0 Å². The Balaban J connectivity index is 1.91. The number of nitrogens with zero attached hydrogens (tertiary/aromatic N) is 2. The monoisotopic (exact) mass is 333 g/mol. The highest BCUT2D eigenvalue weighted by Gasteiger charge is 2.16. The summed E-state index contributed by atoms with van der Waals surface area (Å²) in [5, 5.41) is 2.90. The number of nitrogens with one attached hydrogen (secondary N) is 1. The van der Waals surface area contributed by atoms with Crippen LogP contribution in [0.3, 0.4) is 0 Å².